The second kappa shape index (κ2) is 5.58. The van der Waals surface area contributed by atoms with Gasteiger partial charge in [-0.3, -0.25) is 0 Å². The molecule has 1 nitrogen and oxygen atoms in total. The average molecular weight is 169 g/mol. The lowest BCUT2D eigenvalue weighted by molar-refractivity contribution is 0.00626. The lowest BCUT2D eigenvalue weighted by Crippen LogP contribution is -2.18. The summed E-state index contributed by atoms with van der Waals surface area (Å²) < 4.78 is 5.72. The van der Waals surface area contributed by atoms with E-state index in [1.165, 1.54) is 44.9 Å². The van der Waals surface area contributed by atoms with Gasteiger partial charge < -0.3 is 4.74 Å². The molecule has 0 saturated heterocycles. The van der Waals surface area contributed by atoms with Crippen molar-refractivity contribution in [3.05, 3.63) is 6.92 Å². The molecule has 0 aromatic carbocycles. The Morgan fingerprint density at radius 1 is 1.08 bits per heavy atom. The first-order chi connectivity index (χ1) is 5.79. The number of rotatable bonds is 2. The average Bonchev–Trinajstić information content (AvgIpc) is 1.93. The van der Waals surface area contributed by atoms with Gasteiger partial charge in [0, 0.05) is 0 Å². The Balaban J connectivity index is 2.20. The van der Waals surface area contributed by atoms with E-state index in [2.05, 4.69) is 6.92 Å². The quantitative estimate of drug-likeness (QED) is 0.616. The van der Waals surface area contributed by atoms with Gasteiger partial charge in [-0.2, -0.15) is 0 Å². The van der Waals surface area contributed by atoms with Crippen LogP contribution in [0.5, 0.6) is 0 Å². The molecule has 1 saturated carbocycles. The first kappa shape index (κ1) is 10.0. The summed E-state index contributed by atoms with van der Waals surface area (Å²) in [6, 6.07) is 0. The topological polar surface area (TPSA) is 9.23 Å². The highest BCUT2D eigenvalue weighted by atomic mass is 16.5. The fraction of sp³-hybridized carbons (Fsp3) is 0.909. The Morgan fingerprint density at radius 3 is 2.08 bits per heavy atom. The van der Waals surface area contributed by atoms with E-state index < -0.39 is 0 Å². The molecule has 0 aliphatic heterocycles. The third kappa shape index (κ3) is 4.10. The van der Waals surface area contributed by atoms with Crippen molar-refractivity contribution in [3.63, 3.8) is 0 Å². The van der Waals surface area contributed by atoms with Crippen LogP contribution in [0.4, 0.5) is 0 Å². The summed E-state index contributed by atoms with van der Waals surface area (Å²) in [6.07, 6.45) is 10.1. The minimum Gasteiger partial charge on any atom is -0.375 e. The monoisotopic (exact) mass is 169 g/mol. The molecular formula is C11H21O. The molecule has 71 valence electrons. The van der Waals surface area contributed by atoms with E-state index in [1.807, 2.05) is 6.92 Å². The number of hydrogen-bond donors (Lipinski definition) is 0. The van der Waals surface area contributed by atoms with E-state index in [9.17, 15) is 0 Å². The van der Waals surface area contributed by atoms with Gasteiger partial charge in [-0.25, -0.2) is 0 Å². The van der Waals surface area contributed by atoms with E-state index in [4.69, 9.17) is 4.74 Å². The highest BCUT2D eigenvalue weighted by Gasteiger charge is 2.12. The van der Waals surface area contributed by atoms with Crippen molar-refractivity contribution in [2.45, 2.75) is 64.1 Å². The normalized spacial score (nSPS) is 22.2. The summed E-state index contributed by atoms with van der Waals surface area (Å²) >= 11 is 0. The molecule has 0 spiro atoms. The highest BCUT2D eigenvalue weighted by Crippen LogP contribution is 2.20. The Labute approximate surface area is 76.5 Å². The van der Waals surface area contributed by atoms with E-state index in [1.54, 1.807) is 0 Å². The predicted octanol–water partition coefficient (Wildman–Crippen LogP) is 3.34. The van der Waals surface area contributed by atoms with Gasteiger partial charge in [-0.05, 0) is 26.7 Å². The zero-order valence-electron chi connectivity index (χ0n) is 8.22. The van der Waals surface area contributed by atoms with Crippen molar-refractivity contribution in [2.24, 2.45) is 0 Å². The zero-order valence-corrected chi connectivity index (χ0v) is 8.22. The zero-order chi connectivity index (χ0) is 8.81. The van der Waals surface area contributed by atoms with Crippen LogP contribution in [-0.4, -0.2) is 12.2 Å². The van der Waals surface area contributed by atoms with Crippen molar-refractivity contribution in [1.29, 1.82) is 0 Å². The van der Waals surface area contributed by atoms with Crippen molar-refractivity contribution in [1.82, 2.24) is 0 Å². The van der Waals surface area contributed by atoms with Gasteiger partial charge >= 0.3 is 0 Å². The standard InChI is InChI=1S/C11H21O/c1-10(2)12-11-8-6-4-3-5-7-9-11/h10-11H,1,3-9H2,2H3. The van der Waals surface area contributed by atoms with Gasteiger partial charge in [-0.15, -0.1) is 0 Å². The van der Waals surface area contributed by atoms with Crippen LogP contribution in [-0.2, 0) is 4.74 Å². The summed E-state index contributed by atoms with van der Waals surface area (Å²) in [5.74, 6) is 0. The van der Waals surface area contributed by atoms with Gasteiger partial charge in [0.1, 0.15) is 0 Å². The van der Waals surface area contributed by atoms with Crippen LogP contribution in [0.25, 0.3) is 0 Å². The van der Waals surface area contributed by atoms with Crippen LogP contribution in [0.1, 0.15) is 51.9 Å². The summed E-state index contributed by atoms with van der Waals surface area (Å²) in [5.41, 5.74) is 0. The molecular weight excluding hydrogens is 148 g/mol. The predicted molar refractivity (Wildman–Crippen MR) is 52.0 cm³/mol. The molecule has 0 aromatic rings. The largest absolute Gasteiger partial charge is 0.375 e. The Kier molecular flexibility index (Phi) is 4.67. The molecule has 0 heterocycles. The minimum atomic E-state index is 0.162. The lowest BCUT2D eigenvalue weighted by Gasteiger charge is -2.22. The first-order valence-corrected chi connectivity index (χ1v) is 5.27. The van der Waals surface area contributed by atoms with Gasteiger partial charge in [0.05, 0.1) is 12.2 Å². The van der Waals surface area contributed by atoms with E-state index >= 15 is 0 Å². The second-order valence-corrected chi connectivity index (χ2v) is 3.91. The molecule has 1 aliphatic carbocycles. The molecule has 0 N–H and O–H groups in total. The molecule has 1 fully saturated rings. The van der Waals surface area contributed by atoms with Crippen LogP contribution in [0.3, 0.4) is 0 Å². The second-order valence-electron chi connectivity index (χ2n) is 3.91. The van der Waals surface area contributed by atoms with Crippen LogP contribution >= 0.6 is 0 Å². The Bertz CT molecular complexity index is 102. The molecule has 1 aliphatic rings. The van der Waals surface area contributed by atoms with Gasteiger partial charge in [-0.1, -0.05) is 32.1 Å². The SMILES string of the molecule is [CH2]C(C)OC1CCCCCCC1. The molecule has 0 aromatic heterocycles. The maximum atomic E-state index is 5.72. The maximum absolute atomic E-state index is 5.72. The van der Waals surface area contributed by atoms with Gasteiger partial charge in [0.25, 0.3) is 0 Å². The van der Waals surface area contributed by atoms with Gasteiger partial charge in [0.15, 0.2) is 0 Å². The molecule has 1 radical (unpaired) electrons. The molecule has 1 unspecified atom stereocenters. The molecule has 0 amide bonds. The lowest BCUT2D eigenvalue weighted by atomic mass is 9.98. The van der Waals surface area contributed by atoms with E-state index in [0.717, 1.165) is 0 Å². The molecule has 12 heavy (non-hydrogen) atoms. The third-order valence-electron chi connectivity index (χ3n) is 2.48. The van der Waals surface area contributed by atoms with Crippen molar-refractivity contribution in [2.75, 3.05) is 0 Å². The van der Waals surface area contributed by atoms with Crippen molar-refractivity contribution >= 4 is 0 Å². The molecule has 0 bridgehead atoms. The van der Waals surface area contributed by atoms with Crippen molar-refractivity contribution < 1.29 is 4.74 Å². The van der Waals surface area contributed by atoms with E-state index in [-0.39, 0.29) is 6.10 Å². The highest BCUT2D eigenvalue weighted by molar-refractivity contribution is 4.65. The summed E-state index contributed by atoms with van der Waals surface area (Å²) in [7, 11) is 0. The Morgan fingerprint density at radius 2 is 1.58 bits per heavy atom. The van der Waals surface area contributed by atoms with Crippen LogP contribution in [0, 0.1) is 6.92 Å². The molecule has 1 atom stereocenters. The summed E-state index contributed by atoms with van der Waals surface area (Å²) in [6.45, 7) is 5.89. The number of ether oxygens (including phenoxy) is 1. The first-order valence-electron chi connectivity index (χ1n) is 5.27. The maximum Gasteiger partial charge on any atom is 0.0578 e. The number of hydrogen-bond acceptors (Lipinski definition) is 1. The fourth-order valence-electron chi connectivity index (χ4n) is 1.88. The van der Waals surface area contributed by atoms with Crippen molar-refractivity contribution in [3.8, 4) is 0 Å². The van der Waals surface area contributed by atoms with Crippen LogP contribution in [0.2, 0.25) is 0 Å². The smallest absolute Gasteiger partial charge is 0.0578 e. The van der Waals surface area contributed by atoms with Gasteiger partial charge in [0.2, 0.25) is 0 Å². The molecule has 1 rings (SSSR count). The molecule has 1 heteroatoms. The third-order valence-corrected chi connectivity index (χ3v) is 2.48. The minimum absolute atomic E-state index is 0.162. The summed E-state index contributed by atoms with van der Waals surface area (Å²) in [5, 5.41) is 0. The van der Waals surface area contributed by atoms with E-state index in [0.29, 0.717) is 6.10 Å². The van der Waals surface area contributed by atoms with Crippen LogP contribution in [0.15, 0.2) is 0 Å². The summed E-state index contributed by atoms with van der Waals surface area (Å²) in [4.78, 5) is 0. The Hall–Kier alpha value is -0.0400. The fourth-order valence-corrected chi connectivity index (χ4v) is 1.88. The van der Waals surface area contributed by atoms with Crippen LogP contribution < -0.4 is 0 Å².